The maximum Gasteiger partial charge on any atom is 0.277 e. The lowest BCUT2D eigenvalue weighted by Crippen LogP contribution is -2.35. The van der Waals surface area contributed by atoms with E-state index in [0.717, 1.165) is 20.6 Å². The standard InChI is InChI=1S/C20H17BrN2O2S/c1-12-19(26-13(2)22-12)20(25)23(14(3)24)18-7-5-4-6-17(18)15-8-10-16(21)11-9-15/h4-11H,1-3H3. The lowest BCUT2D eigenvalue weighted by atomic mass is 10.0. The number of carbonyl (C=O) groups is 2. The molecule has 26 heavy (non-hydrogen) atoms. The minimum Gasteiger partial charge on any atom is -0.274 e. The number of hydrogen-bond acceptors (Lipinski definition) is 4. The van der Waals surface area contributed by atoms with Gasteiger partial charge < -0.3 is 0 Å². The van der Waals surface area contributed by atoms with E-state index in [1.54, 1.807) is 13.0 Å². The molecule has 4 nitrogen and oxygen atoms in total. The average Bonchev–Trinajstić information content (AvgIpc) is 2.94. The third kappa shape index (κ3) is 3.61. The molecule has 3 aromatic rings. The Morgan fingerprint density at radius 1 is 1.04 bits per heavy atom. The Bertz CT molecular complexity index is 980. The highest BCUT2D eigenvalue weighted by atomic mass is 79.9. The molecule has 0 N–H and O–H groups in total. The Kier molecular flexibility index (Phi) is 5.34. The first kappa shape index (κ1) is 18.5. The van der Waals surface area contributed by atoms with Gasteiger partial charge >= 0.3 is 0 Å². The molecule has 1 aromatic heterocycles. The maximum atomic E-state index is 13.1. The summed E-state index contributed by atoms with van der Waals surface area (Å²) >= 11 is 4.73. The van der Waals surface area contributed by atoms with Crippen LogP contribution in [0, 0.1) is 13.8 Å². The van der Waals surface area contributed by atoms with Crippen LogP contribution < -0.4 is 4.90 Å². The second-order valence-corrected chi connectivity index (χ2v) is 7.95. The molecule has 0 aliphatic rings. The summed E-state index contributed by atoms with van der Waals surface area (Å²) in [6, 6.07) is 15.2. The topological polar surface area (TPSA) is 50.3 Å². The number of anilines is 1. The van der Waals surface area contributed by atoms with Crippen molar-refractivity contribution in [1.82, 2.24) is 4.98 Å². The fourth-order valence-electron chi connectivity index (χ4n) is 2.80. The number of thiazole rings is 1. The van der Waals surface area contributed by atoms with Crippen molar-refractivity contribution in [1.29, 1.82) is 0 Å². The number of nitrogens with zero attached hydrogens (tertiary/aromatic N) is 2. The van der Waals surface area contributed by atoms with Gasteiger partial charge in [-0.3, -0.25) is 9.59 Å². The quantitative estimate of drug-likeness (QED) is 0.562. The van der Waals surface area contributed by atoms with Gasteiger partial charge in [-0.2, -0.15) is 0 Å². The normalized spacial score (nSPS) is 10.6. The molecule has 2 amide bonds. The average molecular weight is 429 g/mol. The summed E-state index contributed by atoms with van der Waals surface area (Å²) in [5.74, 6) is -0.671. The van der Waals surface area contributed by atoms with Crippen LogP contribution in [0.3, 0.4) is 0 Å². The molecule has 0 atom stereocenters. The molecule has 0 unspecified atom stereocenters. The smallest absolute Gasteiger partial charge is 0.274 e. The van der Waals surface area contributed by atoms with Gasteiger partial charge in [0.1, 0.15) is 4.88 Å². The monoisotopic (exact) mass is 428 g/mol. The summed E-state index contributed by atoms with van der Waals surface area (Å²) < 4.78 is 0.967. The van der Waals surface area contributed by atoms with E-state index in [4.69, 9.17) is 0 Å². The summed E-state index contributed by atoms with van der Waals surface area (Å²) in [5.41, 5.74) is 2.96. The molecular weight excluding hydrogens is 412 g/mol. The number of aromatic nitrogens is 1. The van der Waals surface area contributed by atoms with Crippen molar-refractivity contribution in [2.45, 2.75) is 20.8 Å². The largest absolute Gasteiger partial charge is 0.277 e. The second kappa shape index (κ2) is 7.51. The fourth-order valence-corrected chi connectivity index (χ4v) is 3.91. The zero-order chi connectivity index (χ0) is 18.8. The Morgan fingerprint density at radius 2 is 1.69 bits per heavy atom. The molecule has 0 aliphatic heterocycles. The molecule has 0 saturated carbocycles. The predicted octanol–water partition coefficient (Wildman–Crippen LogP) is 5.38. The molecule has 2 aromatic carbocycles. The molecule has 0 fully saturated rings. The van der Waals surface area contributed by atoms with Crippen molar-refractivity contribution in [2.75, 3.05) is 4.90 Å². The van der Waals surface area contributed by atoms with Gasteiger partial charge in [0.25, 0.3) is 5.91 Å². The number of halogens is 1. The second-order valence-electron chi connectivity index (χ2n) is 5.83. The highest BCUT2D eigenvalue weighted by Gasteiger charge is 2.27. The third-order valence-electron chi connectivity index (χ3n) is 3.92. The van der Waals surface area contributed by atoms with E-state index < -0.39 is 0 Å². The van der Waals surface area contributed by atoms with Gasteiger partial charge in [0.2, 0.25) is 5.91 Å². The van der Waals surface area contributed by atoms with Crippen LogP contribution in [-0.2, 0) is 4.79 Å². The minimum absolute atomic E-state index is 0.329. The van der Waals surface area contributed by atoms with Gasteiger partial charge in [-0.25, -0.2) is 9.88 Å². The molecule has 1 heterocycles. The molecule has 0 aliphatic carbocycles. The van der Waals surface area contributed by atoms with Gasteiger partial charge in [0.05, 0.1) is 16.4 Å². The SMILES string of the molecule is CC(=O)N(C(=O)c1sc(C)nc1C)c1ccccc1-c1ccc(Br)cc1. The zero-order valence-electron chi connectivity index (χ0n) is 14.6. The van der Waals surface area contributed by atoms with Crippen LogP contribution in [0.4, 0.5) is 5.69 Å². The van der Waals surface area contributed by atoms with Crippen molar-refractivity contribution in [3.63, 3.8) is 0 Å². The molecule has 0 spiro atoms. The Morgan fingerprint density at radius 3 is 2.27 bits per heavy atom. The number of imide groups is 1. The van der Waals surface area contributed by atoms with Crippen molar-refractivity contribution in [3.05, 3.63) is 68.6 Å². The Labute approximate surface area is 164 Å². The highest BCUT2D eigenvalue weighted by Crippen LogP contribution is 2.33. The van der Waals surface area contributed by atoms with E-state index in [2.05, 4.69) is 20.9 Å². The van der Waals surface area contributed by atoms with E-state index in [1.807, 2.05) is 49.4 Å². The molecule has 0 bridgehead atoms. The van der Waals surface area contributed by atoms with E-state index in [-0.39, 0.29) is 11.8 Å². The summed E-state index contributed by atoms with van der Waals surface area (Å²) in [5, 5.41) is 0.801. The summed E-state index contributed by atoms with van der Waals surface area (Å²) in [7, 11) is 0. The van der Waals surface area contributed by atoms with Crippen LogP contribution in [0.2, 0.25) is 0 Å². The molecular formula is C20H17BrN2O2S. The van der Waals surface area contributed by atoms with E-state index >= 15 is 0 Å². The van der Waals surface area contributed by atoms with Crippen LogP contribution in [0.15, 0.2) is 53.0 Å². The summed E-state index contributed by atoms with van der Waals surface area (Å²) in [6.07, 6.45) is 0. The van der Waals surface area contributed by atoms with E-state index in [0.29, 0.717) is 16.3 Å². The molecule has 3 rings (SSSR count). The van der Waals surface area contributed by atoms with Gasteiger partial charge in [-0.05, 0) is 37.6 Å². The number of aryl methyl sites for hydroxylation is 2. The van der Waals surface area contributed by atoms with Gasteiger partial charge in [-0.1, -0.05) is 46.3 Å². The number of carbonyl (C=O) groups excluding carboxylic acids is 2. The van der Waals surface area contributed by atoms with Crippen LogP contribution in [0.25, 0.3) is 11.1 Å². The van der Waals surface area contributed by atoms with Crippen molar-refractivity contribution >= 4 is 44.8 Å². The lowest BCUT2D eigenvalue weighted by Gasteiger charge is -2.22. The Balaban J connectivity index is 2.12. The summed E-state index contributed by atoms with van der Waals surface area (Å²) in [6.45, 7) is 5.04. The van der Waals surface area contributed by atoms with E-state index in [1.165, 1.54) is 23.2 Å². The van der Waals surface area contributed by atoms with Crippen LogP contribution in [0.1, 0.15) is 27.3 Å². The van der Waals surface area contributed by atoms with Gasteiger partial charge in [0.15, 0.2) is 0 Å². The van der Waals surface area contributed by atoms with Crippen LogP contribution >= 0.6 is 27.3 Å². The molecule has 0 radical (unpaired) electrons. The predicted molar refractivity (Wildman–Crippen MR) is 109 cm³/mol. The number of amides is 2. The number of hydrogen-bond donors (Lipinski definition) is 0. The fraction of sp³-hybridized carbons (Fsp3) is 0.150. The van der Waals surface area contributed by atoms with Crippen LogP contribution in [0.5, 0.6) is 0 Å². The third-order valence-corrected chi connectivity index (χ3v) is 5.51. The minimum atomic E-state index is -0.342. The number of para-hydroxylation sites is 1. The highest BCUT2D eigenvalue weighted by molar-refractivity contribution is 9.10. The van der Waals surface area contributed by atoms with Crippen molar-refractivity contribution in [2.24, 2.45) is 0 Å². The first-order valence-corrected chi connectivity index (χ1v) is 9.63. The first-order chi connectivity index (χ1) is 12.4. The van der Waals surface area contributed by atoms with Gasteiger partial charge in [-0.15, -0.1) is 11.3 Å². The number of rotatable bonds is 3. The summed E-state index contributed by atoms with van der Waals surface area (Å²) in [4.78, 5) is 31.6. The van der Waals surface area contributed by atoms with Gasteiger partial charge in [0, 0.05) is 17.0 Å². The lowest BCUT2D eigenvalue weighted by molar-refractivity contribution is -0.115. The first-order valence-electron chi connectivity index (χ1n) is 8.02. The van der Waals surface area contributed by atoms with Crippen molar-refractivity contribution in [3.8, 4) is 11.1 Å². The number of benzene rings is 2. The van der Waals surface area contributed by atoms with E-state index in [9.17, 15) is 9.59 Å². The molecule has 132 valence electrons. The zero-order valence-corrected chi connectivity index (χ0v) is 17.0. The van der Waals surface area contributed by atoms with Crippen LogP contribution in [-0.4, -0.2) is 16.8 Å². The van der Waals surface area contributed by atoms with Crippen molar-refractivity contribution < 1.29 is 9.59 Å². The molecule has 6 heteroatoms. The molecule has 0 saturated heterocycles. The Hall–Kier alpha value is -2.31. The maximum absolute atomic E-state index is 13.1.